The maximum Gasteiger partial charge on any atom is 1.00 e. The van der Waals surface area contributed by atoms with Crippen LogP contribution in [0, 0.1) is 0 Å². The number of carbonyl (C=O) groups is 3. The molecule has 0 fully saturated rings. The van der Waals surface area contributed by atoms with Gasteiger partial charge in [-0.25, -0.2) is 4.79 Å². The summed E-state index contributed by atoms with van der Waals surface area (Å²) < 4.78 is 4.18. The first-order valence-corrected chi connectivity index (χ1v) is 3.60. The smallest absolute Gasteiger partial charge is 0.548 e. The summed E-state index contributed by atoms with van der Waals surface area (Å²) >= 11 is 0. The number of aldehydes is 1. The zero-order valence-corrected chi connectivity index (χ0v) is 8.11. The van der Waals surface area contributed by atoms with E-state index < -0.39 is 18.1 Å². The second-order valence-electron chi connectivity index (χ2n) is 2.25. The summed E-state index contributed by atoms with van der Waals surface area (Å²) in [4.78, 5) is 30.9. The number of carbonyl (C=O) groups excluding carboxylic acids is 3. The molecule has 6 nitrogen and oxygen atoms in total. The fourth-order valence-electron chi connectivity index (χ4n) is 0.685. The number of hydrogen-bond donors (Lipinski definition) is 1. The van der Waals surface area contributed by atoms with Gasteiger partial charge in [0.1, 0.15) is 6.29 Å². The molecular weight excluding hydrogens is 185 g/mol. The van der Waals surface area contributed by atoms with E-state index in [0.717, 1.165) is 7.11 Å². The monoisotopic (exact) mass is 195 g/mol. The van der Waals surface area contributed by atoms with Crippen LogP contribution >= 0.6 is 0 Å². The summed E-state index contributed by atoms with van der Waals surface area (Å²) in [6.45, 7) is 0. The van der Waals surface area contributed by atoms with E-state index in [1.807, 2.05) is 5.32 Å². The zero-order valence-electron chi connectivity index (χ0n) is 8.11. The van der Waals surface area contributed by atoms with Crippen molar-refractivity contribution in [1.82, 2.24) is 5.32 Å². The average molecular weight is 195 g/mol. The molecular formula is C7H10LiNO5. The van der Waals surface area contributed by atoms with Gasteiger partial charge in [0.25, 0.3) is 0 Å². The minimum atomic E-state index is -1.44. The van der Waals surface area contributed by atoms with Gasteiger partial charge in [-0.2, -0.15) is 0 Å². The third kappa shape index (κ3) is 6.52. The number of hydrogen-bond acceptors (Lipinski definition) is 5. The Labute approximate surface area is 93.2 Å². The van der Waals surface area contributed by atoms with Crippen LogP contribution in [-0.2, 0) is 14.3 Å². The Hall–Kier alpha value is -0.993. The molecule has 0 spiro atoms. The van der Waals surface area contributed by atoms with Crippen molar-refractivity contribution < 1.29 is 43.1 Å². The van der Waals surface area contributed by atoms with E-state index in [2.05, 4.69) is 4.74 Å². The number of alkyl carbamates (subject to hydrolysis) is 1. The Balaban J connectivity index is 0. The van der Waals surface area contributed by atoms with Crippen molar-refractivity contribution in [3.05, 3.63) is 0 Å². The first kappa shape index (κ1) is 15.5. The van der Waals surface area contributed by atoms with Crippen molar-refractivity contribution >= 4 is 18.3 Å². The number of aliphatic carboxylic acids is 1. The van der Waals surface area contributed by atoms with Gasteiger partial charge >= 0.3 is 25.0 Å². The van der Waals surface area contributed by atoms with Gasteiger partial charge in [-0.1, -0.05) is 0 Å². The summed E-state index contributed by atoms with van der Waals surface area (Å²) in [7, 11) is 1.11. The quantitative estimate of drug-likeness (QED) is 0.352. The molecule has 1 atom stereocenters. The van der Waals surface area contributed by atoms with E-state index in [1.54, 1.807) is 0 Å². The van der Waals surface area contributed by atoms with Crippen LogP contribution < -0.4 is 29.3 Å². The number of rotatable bonds is 5. The van der Waals surface area contributed by atoms with Gasteiger partial charge in [0, 0.05) is 6.42 Å². The molecule has 0 bridgehead atoms. The van der Waals surface area contributed by atoms with Gasteiger partial charge in [-0.3, -0.25) is 0 Å². The van der Waals surface area contributed by atoms with Crippen molar-refractivity contribution in [2.75, 3.05) is 7.11 Å². The average Bonchev–Trinajstić information content (AvgIpc) is 2.11. The van der Waals surface area contributed by atoms with Gasteiger partial charge in [-0.05, 0) is 6.42 Å². The molecule has 1 amide bonds. The van der Waals surface area contributed by atoms with Crippen LogP contribution in [0.4, 0.5) is 4.79 Å². The first-order chi connectivity index (χ1) is 6.11. The largest absolute Gasteiger partial charge is 1.00 e. The fraction of sp³-hybridized carbons (Fsp3) is 0.571. The number of amides is 1. The van der Waals surface area contributed by atoms with Gasteiger partial charge in [-0.15, -0.1) is 0 Å². The molecule has 0 aliphatic carbocycles. The zero-order chi connectivity index (χ0) is 10.3. The molecule has 0 rings (SSSR count). The summed E-state index contributed by atoms with van der Waals surface area (Å²) in [5, 5.41) is 12.4. The third-order valence-electron chi connectivity index (χ3n) is 1.34. The maximum atomic E-state index is 10.6. The molecule has 7 heteroatoms. The van der Waals surface area contributed by atoms with Crippen molar-refractivity contribution in [3.8, 4) is 0 Å². The minimum Gasteiger partial charge on any atom is -0.548 e. The summed E-state index contributed by atoms with van der Waals surface area (Å²) in [6, 6.07) is -1.18. The number of nitrogens with one attached hydrogen (secondary N) is 1. The molecule has 0 aromatic heterocycles. The fourth-order valence-corrected chi connectivity index (χ4v) is 0.685. The Kier molecular flexibility index (Phi) is 9.51. The van der Waals surface area contributed by atoms with Crippen LogP contribution in [0.15, 0.2) is 0 Å². The van der Waals surface area contributed by atoms with Gasteiger partial charge in [0.2, 0.25) is 0 Å². The molecule has 74 valence electrons. The standard InChI is InChI=1S/C7H11NO5.Li/c1-13-7(12)8-5(6(10)11)3-2-4-9;/h4-5H,2-3H2,1H3,(H,8,12)(H,10,11);/q;+1/p-1. The van der Waals surface area contributed by atoms with Gasteiger partial charge < -0.3 is 24.7 Å². The minimum absolute atomic E-state index is 0. The Morgan fingerprint density at radius 3 is 2.50 bits per heavy atom. The number of carboxylic acid groups (broad SMARTS) is 1. The molecule has 0 aliphatic rings. The first-order valence-electron chi connectivity index (χ1n) is 3.60. The number of methoxy groups -OCH3 is 1. The molecule has 0 radical (unpaired) electrons. The van der Waals surface area contributed by atoms with Gasteiger partial charge in [0.05, 0.1) is 19.1 Å². The van der Waals surface area contributed by atoms with Crippen LogP contribution in [0.5, 0.6) is 0 Å². The molecule has 0 heterocycles. The third-order valence-corrected chi connectivity index (χ3v) is 1.34. The molecule has 1 unspecified atom stereocenters. The maximum absolute atomic E-state index is 10.6. The number of carboxylic acids is 1. The SMILES string of the molecule is COC(=O)NC(CCC=O)C(=O)[O-].[Li+]. The van der Waals surface area contributed by atoms with E-state index in [1.165, 1.54) is 0 Å². The van der Waals surface area contributed by atoms with Crippen LogP contribution in [0.2, 0.25) is 0 Å². The molecule has 0 saturated carbocycles. The molecule has 0 saturated heterocycles. The molecule has 0 aromatic rings. The predicted molar refractivity (Wildman–Crippen MR) is 39.6 cm³/mol. The molecule has 1 N–H and O–H groups in total. The van der Waals surface area contributed by atoms with E-state index in [-0.39, 0.29) is 31.7 Å². The van der Waals surface area contributed by atoms with E-state index >= 15 is 0 Å². The van der Waals surface area contributed by atoms with Crippen molar-refractivity contribution in [2.45, 2.75) is 18.9 Å². The Bertz CT molecular complexity index is 208. The summed E-state index contributed by atoms with van der Waals surface area (Å²) in [5.74, 6) is -1.44. The van der Waals surface area contributed by atoms with Crippen LogP contribution in [0.3, 0.4) is 0 Å². The Morgan fingerprint density at radius 2 is 2.14 bits per heavy atom. The second-order valence-corrected chi connectivity index (χ2v) is 2.25. The predicted octanol–water partition coefficient (Wildman–Crippen LogP) is -4.56. The van der Waals surface area contributed by atoms with E-state index in [4.69, 9.17) is 0 Å². The van der Waals surface area contributed by atoms with Crippen molar-refractivity contribution in [3.63, 3.8) is 0 Å². The van der Waals surface area contributed by atoms with Gasteiger partial charge in [0.15, 0.2) is 0 Å². The van der Waals surface area contributed by atoms with Crippen LogP contribution in [0.1, 0.15) is 12.8 Å². The molecule has 0 aromatic carbocycles. The Morgan fingerprint density at radius 1 is 1.57 bits per heavy atom. The normalized spacial score (nSPS) is 10.6. The summed E-state index contributed by atoms with van der Waals surface area (Å²) in [6.07, 6.45) is -0.251. The molecule has 14 heavy (non-hydrogen) atoms. The topological polar surface area (TPSA) is 95.5 Å². The van der Waals surface area contributed by atoms with E-state index in [0.29, 0.717) is 6.29 Å². The van der Waals surface area contributed by atoms with Crippen molar-refractivity contribution in [1.29, 1.82) is 0 Å². The van der Waals surface area contributed by atoms with E-state index in [9.17, 15) is 19.5 Å². The number of ether oxygens (including phenoxy) is 1. The van der Waals surface area contributed by atoms with Crippen LogP contribution in [0.25, 0.3) is 0 Å². The molecule has 0 aliphatic heterocycles. The van der Waals surface area contributed by atoms with Crippen LogP contribution in [-0.4, -0.2) is 31.5 Å². The second kappa shape index (κ2) is 8.60. The summed E-state index contributed by atoms with van der Waals surface area (Å²) in [5.41, 5.74) is 0. The van der Waals surface area contributed by atoms with Crippen molar-refractivity contribution in [2.24, 2.45) is 0 Å².